The molecule has 1 aromatic heterocycles. The van der Waals surface area contributed by atoms with Crippen LogP contribution in [0.2, 0.25) is 0 Å². The zero-order chi connectivity index (χ0) is 20.9. The lowest BCUT2D eigenvalue weighted by atomic mass is 9.93. The fourth-order valence-corrected chi connectivity index (χ4v) is 3.69. The number of nitriles is 1. The summed E-state index contributed by atoms with van der Waals surface area (Å²) in [7, 11) is 0. The molecule has 0 unspecified atom stereocenters. The quantitative estimate of drug-likeness (QED) is 0.447. The summed E-state index contributed by atoms with van der Waals surface area (Å²) in [6.45, 7) is 10.3. The van der Waals surface area contributed by atoms with Crippen LogP contribution in [0.5, 0.6) is 0 Å². The Morgan fingerprint density at radius 3 is 2.72 bits per heavy atom. The molecule has 2 aromatic rings. The number of benzene rings is 1. The van der Waals surface area contributed by atoms with E-state index in [4.69, 9.17) is 10.7 Å². The van der Waals surface area contributed by atoms with Crippen molar-refractivity contribution in [2.75, 3.05) is 31.9 Å². The highest BCUT2D eigenvalue weighted by molar-refractivity contribution is 5.80. The van der Waals surface area contributed by atoms with Crippen molar-refractivity contribution < 1.29 is 0 Å². The van der Waals surface area contributed by atoms with E-state index in [1.54, 1.807) is 4.68 Å². The second-order valence-corrected chi connectivity index (χ2v) is 8.24. The van der Waals surface area contributed by atoms with Crippen molar-refractivity contribution in [1.29, 1.82) is 5.26 Å². The van der Waals surface area contributed by atoms with Crippen LogP contribution < -0.4 is 11.1 Å². The van der Waals surface area contributed by atoms with Crippen molar-refractivity contribution in [2.24, 2.45) is 10.4 Å². The second-order valence-electron chi connectivity index (χ2n) is 8.24. The molecule has 0 atom stereocenters. The normalized spacial score (nSPS) is 16.1. The number of nitrogen functional groups attached to an aromatic ring is 1. The van der Waals surface area contributed by atoms with E-state index < -0.39 is 0 Å². The van der Waals surface area contributed by atoms with Crippen LogP contribution in [0.4, 0.5) is 5.82 Å². The lowest BCUT2D eigenvalue weighted by Crippen LogP contribution is -2.40. The second kappa shape index (κ2) is 8.99. The van der Waals surface area contributed by atoms with Gasteiger partial charge in [-0.1, -0.05) is 32.0 Å². The van der Waals surface area contributed by atoms with E-state index >= 15 is 0 Å². The number of hydrogen-bond acceptors (Lipinski definition) is 4. The van der Waals surface area contributed by atoms with Gasteiger partial charge < -0.3 is 16.0 Å². The van der Waals surface area contributed by atoms with Gasteiger partial charge in [0.1, 0.15) is 17.5 Å². The molecule has 154 valence electrons. The van der Waals surface area contributed by atoms with Crippen LogP contribution in [-0.4, -0.2) is 46.8 Å². The van der Waals surface area contributed by atoms with E-state index in [2.05, 4.69) is 42.2 Å². The predicted molar refractivity (Wildman–Crippen MR) is 117 cm³/mol. The lowest BCUT2D eigenvalue weighted by Gasteiger charge is -2.23. The van der Waals surface area contributed by atoms with Crippen molar-refractivity contribution >= 4 is 11.8 Å². The molecule has 0 bridgehead atoms. The highest BCUT2D eigenvalue weighted by Gasteiger charge is 2.30. The van der Waals surface area contributed by atoms with Gasteiger partial charge in [0, 0.05) is 26.2 Å². The molecule has 1 saturated heterocycles. The number of aliphatic imine (C=N–C) groups is 1. The third-order valence-electron chi connectivity index (χ3n) is 5.25. The van der Waals surface area contributed by atoms with Crippen LogP contribution in [0.1, 0.15) is 44.9 Å². The molecule has 29 heavy (non-hydrogen) atoms. The molecular formula is C22H31N7. The summed E-state index contributed by atoms with van der Waals surface area (Å²) in [4.78, 5) is 7.14. The van der Waals surface area contributed by atoms with Gasteiger partial charge in [0.05, 0.1) is 11.4 Å². The van der Waals surface area contributed by atoms with E-state index in [0.29, 0.717) is 29.8 Å². The molecule has 7 nitrogen and oxygen atoms in total. The molecule has 0 amide bonds. The molecule has 0 radical (unpaired) electrons. The third-order valence-corrected chi connectivity index (χ3v) is 5.25. The van der Waals surface area contributed by atoms with Crippen molar-refractivity contribution in [1.82, 2.24) is 20.0 Å². The van der Waals surface area contributed by atoms with E-state index in [1.807, 2.05) is 30.3 Å². The molecule has 1 aromatic carbocycles. The number of hydrogen-bond donors (Lipinski definition) is 2. The van der Waals surface area contributed by atoms with E-state index in [0.717, 1.165) is 43.4 Å². The zero-order valence-electron chi connectivity index (χ0n) is 17.6. The molecular weight excluding hydrogens is 362 g/mol. The summed E-state index contributed by atoms with van der Waals surface area (Å²) in [5, 5.41) is 17.5. The Bertz CT molecular complexity index is 890. The number of rotatable bonds is 6. The molecule has 7 heteroatoms. The summed E-state index contributed by atoms with van der Waals surface area (Å²) in [6, 6.07) is 11.9. The van der Waals surface area contributed by atoms with Crippen molar-refractivity contribution in [2.45, 2.75) is 40.0 Å². The largest absolute Gasteiger partial charge is 0.382 e. The number of aromatic nitrogens is 2. The minimum absolute atomic E-state index is 0.333. The minimum atomic E-state index is 0.333. The number of para-hydroxylation sites is 1. The minimum Gasteiger partial charge on any atom is -0.382 e. The van der Waals surface area contributed by atoms with E-state index in [9.17, 15) is 5.26 Å². The van der Waals surface area contributed by atoms with Crippen LogP contribution >= 0.6 is 0 Å². The number of likely N-dealkylation sites (tertiary alicyclic amines) is 1. The topological polar surface area (TPSA) is 95.3 Å². The first-order valence-corrected chi connectivity index (χ1v) is 10.3. The highest BCUT2D eigenvalue weighted by Crippen LogP contribution is 2.28. The van der Waals surface area contributed by atoms with Crippen molar-refractivity contribution in [3.63, 3.8) is 0 Å². The Balaban J connectivity index is 1.67. The zero-order valence-corrected chi connectivity index (χ0v) is 17.6. The van der Waals surface area contributed by atoms with Gasteiger partial charge in [0.15, 0.2) is 5.96 Å². The van der Waals surface area contributed by atoms with Gasteiger partial charge in [0.2, 0.25) is 0 Å². The van der Waals surface area contributed by atoms with Gasteiger partial charge in [-0.25, -0.2) is 4.68 Å². The smallest absolute Gasteiger partial charge is 0.193 e. The SMILES string of the molecule is CCNC(=NCCCc1nn(-c2ccccc2)c(N)c1C#N)N1CCC(C)(C)C1. The molecule has 1 aliphatic heterocycles. The first kappa shape index (κ1) is 20.7. The summed E-state index contributed by atoms with van der Waals surface area (Å²) >= 11 is 0. The summed E-state index contributed by atoms with van der Waals surface area (Å²) in [5.41, 5.74) is 8.57. The average molecular weight is 394 g/mol. The Hall–Kier alpha value is -3.01. The Morgan fingerprint density at radius 2 is 2.10 bits per heavy atom. The van der Waals surface area contributed by atoms with Crippen LogP contribution in [0, 0.1) is 16.7 Å². The number of nitrogens with two attached hydrogens (primary N) is 1. The maximum atomic E-state index is 9.54. The van der Waals surface area contributed by atoms with Crippen LogP contribution in [0.25, 0.3) is 5.69 Å². The highest BCUT2D eigenvalue weighted by atomic mass is 15.3. The summed E-state index contributed by atoms with van der Waals surface area (Å²) in [6.07, 6.45) is 2.66. The fourth-order valence-electron chi connectivity index (χ4n) is 3.69. The Morgan fingerprint density at radius 1 is 1.34 bits per heavy atom. The van der Waals surface area contributed by atoms with E-state index in [-0.39, 0.29) is 0 Å². The first-order valence-electron chi connectivity index (χ1n) is 10.3. The molecule has 1 fully saturated rings. The number of nitrogens with one attached hydrogen (secondary N) is 1. The van der Waals surface area contributed by atoms with Crippen molar-refractivity contribution in [3.05, 3.63) is 41.6 Å². The Labute approximate surface area is 173 Å². The molecule has 0 saturated carbocycles. The maximum Gasteiger partial charge on any atom is 0.193 e. The maximum absolute atomic E-state index is 9.54. The molecule has 3 rings (SSSR count). The van der Waals surface area contributed by atoms with Crippen LogP contribution in [0.3, 0.4) is 0 Å². The molecule has 2 heterocycles. The molecule has 0 spiro atoms. The van der Waals surface area contributed by atoms with Crippen LogP contribution in [-0.2, 0) is 6.42 Å². The van der Waals surface area contributed by atoms with Gasteiger partial charge in [-0.2, -0.15) is 10.4 Å². The standard InChI is InChI=1S/C22H31N7/c1-4-25-21(28-14-12-22(2,3)16-28)26-13-8-11-19-18(15-23)20(24)29(27-19)17-9-6-5-7-10-17/h5-7,9-10H,4,8,11-14,16,24H2,1-3H3,(H,25,26). The number of nitrogens with zero attached hydrogens (tertiary/aromatic N) is 5. The lowest BCUT2D eigenvalue weighted by molar-refractivity contribution is 0.370. The molecule has 0 aliphatic carbocycles. The average Bonchev–Trinajstić information content (AvgIpc) is 3.23. The van der Waals surface area contributed by atoms with Gasteiger partial charge in [0.25, 0.3) is 0 Å². The first-order chi connectivity index (χ1) is 13.9. The van der Waals surface area contributed by atoms with Crippen molar-refractivity contribution in [3.8, 4) is 11.8 Å². The summed E-state index contributed by atoms with van der Waals surface area (Å²) < 4.78 is 1.65. The molecule has 3 N–H and O–H groups in total. The number of guanidine groups is 1. The number of anilines is 1. The number of aryl methyl sites for hydroxylation is 1. The van der Waals surface area contributed by atoms with Gasteiger partial charge in [-0.05, 0) is 43.7 Å². The fraction of sp³-hybridized carbons (Fsp3) is 0.500. The summed E-state index contributed by atoms with van der Waals surface area (Å²) in [5.74, 6) is 1.37. The van der Waals surface area contributed by atoms with Gasteiger partial charge >= 0.3 is 0 Å². The monoisotopic (exact) mass is 393 g/mol. The Kier molecular flexibility index (Phi) is 6.42. The molecule has 1 aliphatic rings. The van der Waals surface area contributed by atoms with Crippen LogP contribution in [0.15, 0.2) is 35.3 Å². The third kappa shape index (κ3) is 4.89. The van der Waals surface area contributed by atoms with E-state index in [1.165, 1.54) is 6.42 Å². The van der Waals surface area contributed by atoms with Gasteiger partial charge in [-0.3, -0.25) is 4.99 Å². The predicted octanol–water partition coefficient (Wildman–Crippen LogP) is 2.96. The van der Waals surface area contributed by atoms with Gasteiger partial charge in [-0.15, -0.1) is 0 Å².